The fourth-order valence-corrected chi connectivity index (χ4v) is 3.68. The van der Waals surface area contributed by atoms with E-state index >= 15 is 0 Å². The predicted molar refractivity (Wildman–Crippen MR) is 122 cm³/mol. The molecule has 0 saturated heterocycles. The van der Waals surface area contributed by atoms with E-state index in [4.69, 9.17) is 25.6 Å². The third-order valence-corrected chi connectivity index (χ3v) is 5.37. The second kappa shape index (κ2) is 8.94. The van der Waals surface area contributed by atoms with Crippen molar-refractivity contribution in [2.45, 2.75) is 13.1 Å². The highest BCUT2D eigenvalue weighted by atomic mass is 35.5. The second-order valence-corrected chi connectivity index (χ2v) is 7.74. The van der Waals surface area contributed by atoms with Gasteiger partial charge < -0.3 is 14.0 Å². The molecule has 0 amide bonds. The molecule has 0 aliphatic heterocycles. The van der Waals surface area contributed by atoms with E-state index in [1.54, 1.807) is 43.2 Å². The summed E-state index contributed by atoms with van der Waals surface area (Å²) >= 11 is 6.05. The van der Waals surface area contributed by atoms with Gasteiger partial charge in [-0.25, -0.2) is 9.67 Å². The Bertz CT molecular complexity index is 1540. The molecule has 2 aromatic carbocycles. The minimum atomic E-state index is -0.371. The van der Waals surface area contributed by atoms with Crippen molar-refractivity contribution in [2.24, 2.45) is 0 Å². The number of nitrogens with zero attached hydrogens (tertiary/aromatic N) is 7. The number of benzene rings is 2. The van der Waals surface area contributed by atoms with Gasteiger partial charge in [-0.1, -0.05) is 34.1 Å². The average molecular weight is 480 g/mol. The highest BCUT2D eigenvalue weighted by Crippen LogP contribution is 2.31. The third kappa shape index (κ3) is 4.08. The van der Waals surface area contributed by atoms with Gasteiger partial charge in [-0.3, -0.25) is 9.36 Å². The minimum absolute atomic E-state index is 0.0222. The molecule has 0 aliphatic rings. The van der Waals surface area contributed by atoms with E-state index in [1.165, 1.54) is 10.9 Å². The summed E-state index contributed by atoms with van der Waals surface area (Å²) in [6.07, 6.45) is 1.40. The molecule has 12 heteroatoms. The number of halogens is 1. The topological polar surface area (TPSA) is 123 Å². The van der Waals surface area contributed by atoms with Crippen molar-refractivity contribution in [1.29, 1.82) is 0 Å². The minimum Gasteiger partial charge on any atom is -0.497 e. The first-order chi connectivity index (χ1) is 16.6. The fraction of sp³-hybridized carbons (Fsp3) is 0.182. The standard InChI is InChI=1S/C22H18ClN7O4/c1-32-15-6-7-16(17(9-15)33-2)20-25-18(34-27-20)11-29-12-24-21-19(22(29)31)26-28-30(21)10-13-4-3-5-14(23)8-13/h3-9,12H,10-11H2,1-2H3. The number of hydrogen-bond donors (Lipinski definition) is 0. The molecular formula is C22H18ClN7O4. The summed E-state index contributed by atoms with van der Waals surface area (Å²) in [4.78, 5) is 21.7. The number of aromatic nitrogens is 7. The number of rotatable bonds is 7. The van der Waals surface area contributed by atoms with Crippen molar-refractivity contribution in [3.8, 4) is 22.9 Å². The molecule has 3 aromatic heterocycles. The third-order valence-electron chi connectivity index (χ3n) is 5.14. The summed E-state index contributed by atoms with van der Waals surface area (Å²) in [5.41, 5.74) is 1.68. The lowest BCUT2D eigenvalue weighted by Gasteiger charge is -2.07. The van der Waals surface area contributed by atoms with Crippen LogP contribution in [-0.4, -0.2) is 48.9 Å². The van der Waals surface area contributed by atoms with Crippen LogP contribution in [0.1, 0.15) is 11.5 Å². The molecule has 0 N–H and O–H groups in total. The first kappa shape index (κ1) is 21.6. The molecule has 3 heterocycles. The van der Waals surface area contributed by atoms with Crippen LogP contribution in [0.4, 0.5) is 0 Å². The van der Waals surface area contributed by atoms with Gasteiger partial charge in [-0.15, -0.1) is 5.10 Å². The van der Waals surface area contributed by atoms with Crippen LogP contribution in [-0.2, 0) is 13.1 Å². The van der Waals surface area contributed by atoms with E-state index in [0.29, 0.717) is 40.1 Å². The van der Waals surface area contributed by atoms with Gasteiger partial charge >= 0.3 is 0 Å². The van der Waals surface area contributed by atoms with Gasteiger partial charge in [0.1, 0.15) is 24.4 Å². The van der Waals surface area contributed by atoms with E-state index in [0.717, 1.165) is 5.56 Å². The summed E-state index contributed by atoms with van der Waals surface area (Å²) in [5, 5.41) is 12.7. The molecular weight excluding hydrogens is 462 g/mol. The van der Waals surface area contributed by atoms with E-state index in [2.05, 4.69) is 25.4 Å². The fourth-order valence-electron chi connectivity index (χ4n) is 3.47. The molecule has 5 aromatic rings. The number of ether oxygens (including phenoxy) is 2. The highest BCUT2D eigenvalue weighted by Gasteiger charge is 2.17. The van der Waals surface area contributed by atoms with Crippen LogP contribution in [0.2, 0.25) is 5.02 Å². The monoisotopic (exact) mass is 479 g/mol. The van der Waals surface area contributed by atoms with E-state index < -0.39 is 0 Å². The zero-order valence-corrected chi connectivity index (χ0v) is 18.9. The maximum Gasteiger partial charge on any atom is 0.283 e. The Hall–Kier alpha value is -4.25. The van der Waals surface area contributed by atoms with Crippen LogP contribution in [0, 0.1) is 0 Å². The van der Waals surface area contributed by atoms with Gasteiger partial charge in [0.15, 0.2) is 11.2 Å². The predicted octanol–water partition coefficient (Wildman–Crippen LogP) is 2.81. The molecule has 0 bridgehead atoms. The zero-order valence-electron chi connectivity index (χ0n) is 18.2. The Labute approximate surface area is 197 Å². The summed E-state index contributed by atoms with van der Waals surface area (Å²) in [5.74, 6) is 1.72. The van der Waals surface area contributed by atoms with Crippen LogP contribution < -0.4 is 15.0 Å². The summed E-state index contributed by atoms with van der Waals surface area (Å²) in [6.45, 7) is 0.401. The first-order valence-electron chi connectivity index (χ1n) is 10.1. The Morgan fingerprint density at radius 3 is 2.76 bits per heavy atom. The smallest absolute Gasteiger partial charge is 0.283 e. The van der Waals surface area contributed by atoms with Crippen molar-refractivity contribution in [1.82, 2.24) is 34.7 Å². The van der Waals surface area contributed by atoms with Gasteiger partial charge in [0.25, 0.3) is 5.56 Å². The van der Waals surface area contributed by atoms with Gasteiger partial charge in [0.05, 0.1) is 26.3 Å². The molecule has 0 spiro atoms. The average Bonchev–Trinajstić information content (AvgIpc) is 3.48. The first-order valence-corrected chi connectivity index (χ1v) is 10.5. The maximum absolute atomic E-state index is 13.0. The van der Waals surface area contributed by atoms with Crippen molar-refractivity contribution < 1.29 is 14.0 Å². The highest BCUT2D eigenvalue weighted by molar-refractivity contribution is 6.30. The molecule has 0 fully saturated rings. The van der Waals surface area contributed by atoms with Crippen molar-refractivity contribution in [3.05, 3.63) is 75.6 Å². The maximum atomic E-state index is 13.0. The molecule has 0 unspecified atom stereocenters. The molecule has 0 saturated carbocycles. The van der Waals surface area contributed by atoms with Crippen LogP contribution in [0.15, 0.2) is 58.1 Å². The quantitative estimate of drug-likeness (QED) is 0.346. The van der Waals surface area contributed by atoms with Crippen LogP contribution in [0.25, 0.3) is 22.6 Å². The number of fused-ring (bicyclic) bond motifs is 1. The molecule has 0 radical (unpaired) electrons. The lowest BCUT2D eigenvalue weighted by atomic mass is 10.2. The molecule has 34 heavy (non-hydrogen) atoms. The zero-order chi connectivity index (χ0) is 23.7. The molecule has 0 atom stereocenters. The van der Waals surface area contributed by atoms with Gasteiger partial charge in [0, 0.05) is 11.1 Å². The lowest BCUT2D eigenvalue weighted by Crippen LogP contribution is -2.21. The molecule has 11 nitrogen and oxygen atoms in total. The Morgan fingerprint density at radius 2 is 1.97 bits per heavy atom. The van der Waals surface area contributed by atoms with Gasteiger partial charge in [-0.05, 0) is 29.8 Å². The molecule has 172 valence electrons. The number of methoxy groups -OCH3 is 2. The molecule has 0 aliphatic carbocycles. The van der Waals surface area contributed by atoms with Gasteiger partial charge in [0.2, 0.25) is 11.7 Å². The normalized spacial score (nSPS) is 11.1. The largest absolute Gasteiger partial charge is 0.497 e. The van der Waals surface area contributed by atoms with Crippen LogP contribution in [0.3, 0.4) is 0 Å². The van der Waals surface area contributed by atoms with Crippen molar-refractivity contribution in [3.63, 3.8) is 0 Å². The summed E-state index contributed by atoms with van der Waals surface area (Å²) < 4.78 is 18.8. The second-order valence-electron chi connectivity index (χ2n) is 7.30. The van der Waals surface area contributed by atoms with Crippen molar-refractivity contribution >= 4 is 22.8 Å². The SMILES string of the molecule is COc1ccc(-c2noc(Cn3cnc4c(nnn4Cc4cccc(Cl)c4)c3=O)n2)c(OC)c1. The van der Waals surface area contributed by atoms with Crippen LogP contribution in [0.5, 0.6) is 11.5 Å². The number of hydrogen-bond acceptors (Lipinski definition) is 9. The Balaban J connectivity index is 1.41. The lowest BCUT2D eigenvalue weighted by molar-refractivity contribution is 0.369. The van der Waals surface area contributed by atoms with E-state index in [1.807, 2.05) is 18.2 Å². The molecule has 5 rings (SSSR count). The van der Waals surface area contributed by atoms with Gasteiger partial charge in [-0.2, -0.15) is 4.98 Å². The summed E-state index contributed by atoms with van der Waals surface area (Å²) in [7, 11) is 3.11. The van der Waals surface area contributed by atoms with E-state index in [9.17, 15) is 4.79 Å². The van der Waals surface area contributed by atoms with Crippen LogP contribution >= 0.6 is 11.6 Å². The summed E-state index contributed by atoms with van der Waals surface area (Å²) in [6, 6.07) is 12.6. The van der Waals surface area contributed by atoms with Crippen molar-refractivity contribution in [2.75, 3.05) is 14.2 Å². The Morgan fingerprint density at radius 1 is 1.09 bits per heavy atom. The Kier molecular flexibility index (Phi) is 5.68. The van der Waals surface area contributed by atoms with E-state index in [-0.39, 0.29) is 23.5 Å².